The highest BCUT2D eigenvalue weighted by molar-refractivity contribution is 6.13. The summed E-state index contributed by atoms with van der Waals surface area (Å²) in [5.41, 5.74) is -0.277. The minimum absolute atomic E-state index is 0.00404. The maximum atomic E-state index is 13.1. The zero-order valence-corrected chi connectivity index (χ0v) is 29.2. The standard InChI is InChI=1S/C34H56N6O7/c1-33(2,3)24-23-30(45)40(32(24)47)22-17-27(42)38-25(31(46)36-19-10-7-8-11-20-37-34(4,5)6)13-9-12-18-35-26(41)16-21-39-28(43)14-15-29(39)44/h14-15,24-25,37H,7-13,16-23H2,1-6H3,(H,35,41)(H,36,46)(H,38,42)/t24?,25-/m0/s1. The first-order valence-electron chi connectivity index (χ1n) is 17.0. The van der Waals surface area contributed by atoms with E-state index in [0.29, 0.717) is 32.4 Å². The van der Waals surface area contributed by atoms with E-state index in [1.807, 2.05) is 20.8 Å². The van der Waals surface area contributed by atoms with Crippen LogP contribution in [0.1, 0.15) is 106 Å². The summed E-state index contributed by atoms with van der Waals surface area (Å²) in [4.78, 5) is 88.9. The van der Waals surface area contributed by atoms with Crippen molar-refractivity contribution >= 4 is 41.4 Å². The van der Waals surface area contributed by atoms with Gasteiger partial charge in [0.25, 0.3) is 11.8 Å². The van der Waals surface area contributed by atoms with Crippen molar-refractivity contribution in [3.05, 3.63) is 12.2 Å². The van der Waals surface area contributed by atoms with E-state index in [2.05, 4.69) is 42.0 Å². The molecule has 0 aromatic heterocycles. The van der Waals surface area contributed by atoms with Crippen molar-refractivity contribution < 1.29 is 33.6 Å². The topological polar surface area (TPSA) is 174 Å². The summed E-state index contributed by atoms with van der Waals surface area (Å²) in [6, 6.07) is -0.804. The number of nitrogens with one attached hydrogen (secondary N) is 4. The monoisotopic (exact) mass is 660 g/mol. The second-order valence-corrected chi connectivity index (χ2v) is 14.5. The summed E-state index contributed by atoms with van der Waals surface area (Å²) < 4.78 is 0. The highest BCUT2D eigenvalue weighted by Gasteiger charge is 2.44. The molecular formula is C34H56N6O7. The summed E-state index contributed by atoms with van der Waals surface area (Å²) in [5, 5.41) is 11.9. The molecule has 7 amide bonds. The van der Waals surface area contributed by atoms with E-state index in [1.165, 1.54) is 12.2 Å². The van der Waals surface area contributed by atoms with Crippen LogP contribution in [0.25, 0.3) is 0 Å². The van der Waals surface area contributed by atoms with Crippen LogP contribution in [0.15, 0.2) is 12.2 Å². The van der Waals surface area contributed by atoms with Gasteiger partial charge in [-0.15, -0.1) is 0 Å². The van der Waals surface area contributed by atoms with Crippen LogP contribution in [-0.4, -0.2) is 95.5 Å². The minimum atomic E-state index is -0.804. The number of unbranched alkanes of at least 4 members (excludes halogenated alkanes) is 4. The third-order valence-electron chi connectivity index (χ3n) is 8.27. The Kier molecular flexibility index (Phi) is 15.7. The predicted octanol–water partition coefficient (Wildman–Crippen LogP) is 1.95. The molecule has 2 rings (SSSR count). The van der Waals surface area contributed by atoms with E-state index in [9.17, 15) is 33.6 Å². The molecule has 0 spiro atoms. The Morgan fingerprint density at radius 1 is 0.745 bits per heavy atom. The fourth-order valence-corrected chi connectivity index (χ4v) is 5.40. The minimum Gasteiger partial charge on any atom is -0.356 e. The van der Waals surface area contributed by atoms with Gasteiger partial charge in [-0.2, -0.15) is 0 Å². The average Bonchev–Trinajstić information content (AvgIpc) is 3.46. The zero-order chi connectivity index (χ0) is 35.2. The van der Waals surface area contributed by atoms with Crippen molar-refractivity contribution in [2.75, 3.05) is 32.7 Å². The van der Waals surface area contributed by atoms with E-state index >= 15 is 0 Å². The van der Waals surface area contributed by atoms with Gasteiger partial charge in [-0.05, 0) is 64.8 Å². The zero-order valence-electron chi connectivity index (χ0n) is 29.2. The lowest BCUT2D eigenvalue weighted by molar-refractivity contribution is -0.141. The number of nitrogens with zero attached hydrogens (tertiary/aromatic N) is 2. The van der Waals surface area contributed by atoms with Gasteiger partial charge in [0, 0.05) is 63.1 Å². The maximum absolute atomic E-state index is 13.1. The summed E-state index contributed by atoms with van der Waals surface area (Å²) in [5.74, 6) is -2.87. The highest BCUT2D eigenvalue weighted by Crippen LogP contribution is 2.35. The second-order valence-electron chi connectivity index (χ2n) is 14.5. The Labute approximate surface area is 279 Å². The average molecular weight is 661 g/mol. The number of carbonyl (C=O) groups excluding carboxylic acids is 7. The quantitative estimate of drug-likeness (QED) is 0.113. The molecule has 264 valence electrons. The van der Waals surface area contributed by atoms with Crippen LogP contribution in [0.3, 0.4) is 0 Å². The first kappa shape index (κ1) is 39.6. The van der Waals surface area contributed by atoms with Crippen molar-refractivity contribution in [3.63, 3.8) is 0 Å². The van der Waals surface area contributed by atoms with Gasteiger partial charge < -0.3 is 21.3 Å². The number of amides is 7. The first-order chi connectivity index (χ1) is 22.0. The SMILES string of the molecule is CC(C)(C)NCCCCCCNC(=O)[C@H](CCCCNC(=O)CCN1C(=O)C=CC1=O)NC(=O)CCN1C(=O)CC(C(C)(C)C)C1=O. The molecule has 47 heavy (non-hydrogen) atoms. The summed E-state index contributed by atoms with van der Waals surface area (Å²) in [7, 11) is 0. The molecule has 0 radical (unpaired) electrons. The molecule has 1 fully saturated rings. The van der Waals surface area contributed by atoms with Crippen LogP contribution in [0.2, 0.25) is 0 Å². The molecule has 1 saturated heterocycles. The molecule has 0 bridgehead atoms. The number of imide groups is 2. The molecule has 0 saturated carbocycles. The number of likely N-dealkylation sites (tertiary alicyclic amines) is 1. The van der Waals surface area contributed by atoms with Gasteiger partial charge in [-0.1, -0.05) is 33.6 Å². The van der Waals surface area contributed by atoms with Crippen molar-refractivity contribution in [3.8, 4) is 0 Å². The van der Waals surface area contributed by atoms with Gasteiger partial charge in [0.1, 0.15) is 6.04 Å². The van der Waals surface area contributed by atoms with E-state index in [1.54, 1.807) is 0 Å². The normalized spacial score (nSPS) is 17.4. The largest absolute Gasteiger partial charge is 0.356 e. The fourth-order valence-electron chi connectivity index (χ4n) is 5.40. The summed E-state index contributed by atoms with van der Waals surface area (Å²) in [6.07, 6.45) is 7.64. The number of carbonyl (C=O) groups is 7. The van der Waals surface area contributed by atoms with Gasteiger partial charge in [0.15, 0.2) is 0 Å². The Bertz CT molecular complexity index is 1150. The van der Waals surface area contributed by atoms with Crippen LogP contribution in [-0.2, 0) is 33.6 Å². The van der Waals surface area contributed by atoms with E-state index in [4.69, 9.17) is 0 Å². The van der Waals surface area contributed by atoms with Crippen molar-refractivity contribution in [1.29, 1.82) is 0 Å². The van der Waals surface area contributed by atoms with E-state index in [-0.39, 0.29) is 66.9 Å². The van der Waals surface area contributed by atoms with Crippen molar-refractivity contribution in [2.24, 2.45) is 11.3 Å². The van der Waals surface area contributed by atoms with Crippen LogP contribution in [0.5, 0.6) is 0 Å². The van der Waals surface area contributed by atoms with E-state index < -0.39 is 29.7 Å². The van der Waals surface area contributed by atoms with Gasteiger partial charge in [0.2, 0.25) is 29.5 Å². The van der Waals surface area contributed by atoms with Crippen molar-refractivity contribution in [1.82, 2.24) is 31.1 Å². The molecule has 4 N–H and O–H groups in total. The highest BCUT2D eigenvalue weighted by atomic mass is 16.2. The third kappa shape index (κ3) is 14.4. The van der Waals surface area contributed by atoms with Crippen LogP contribution < -0.4 is 21.3 Å². The number of rotatable bonds is 20. The molecule has 0 aromatic rings. The molecule has 0 aliphatic carbocycles. The lowest BCUT2D eigenvalue weighted by Crippen LogP contribution is -2.47. The number of hydrogen-bond donors (Lipinski definition) is 4. The molecule has 2 aliphatic heterocycles. The Morgan fingerprint density at radius 3 is 1.89 bits per heavy atom. The molecule has 2 atom stereocenters. The van der Waals surface area contributed by atoms with Gasteiger partial charge in [0.05, 0.1) is 5.92 Å². The number of hydrogen-bond acceptors (Lipinski definition) is 8. The van der Waals surface area contributed by atoms with Crippen LogP contribution in [0.4, 0.5) is 0 Å². The summed E-state index contributed by atoms with van der Waals surface area (Å²) in [6.45, 7) is 13.8. The molecule has 13 nitrogen and oxygen atoms in total. The summed E-state index contributed by atoms with van der Waals surface area (Å²) >= 11 is 0. The fraction of sp³-hybridized carbons (Fsp3) is 0.735. The molecule has 2 heterocycles. The lowest BCUT2D eigenvalue weighted by atomic mass is 9.80. The van der Waals surface area contributed by atoms with Gasteiger partial charge >= 0.3 is 0 Å². The van der Waals surface area contributed by atoms with E-state index in [0.717, 1.165) is 42.0 Å². The molecule has 1 unspecified atom stereocenters. The first-order valence-corrected chi connectivity index (χ1v) is 17.0. The van der Waals surface area contributed by atoms with Gasteiger partial charge in [-0.3, -0.25) is 43.4 Å². The van der Waals surface area contributed by atoms with Crippen LogP contribution in [0, 0.1) is 11.3 Å². The lowest BCUT2D eigenvalue weighted by Gasteiger charge is -2.25. The molecule has 2 aliphatic rings. The van der Waals surface area contributed by atoms with Crippen LogP contribution >= 0.6 is 0 Å². The molecule has 13 heteroatoms. The van der Waals surface area contributed by atoms with Gasteiger partial charge in [-0.25, -0.2) is 0 Å². The Morgan fingerprint density at radius 2 is 1.30 bits per heavy atom. The predicted molar refractivity (Wildman–Crippen MR) is 177 cm³/mol. The van der Waals surface area contributed by atoms with Crippen molar-refractivity contribution in [2.45, 2.75) is 117 Å². The second kappa shape index (κ2) is 18.7. The molecule has 0 aromatic carbocycles. The smallest absolute Gasteiger partial charge is 0.253 e. The third-order valence-corrected chi connectivity index (χ3v) is 8.27. The Balaban J connectivity index is 1.80. The molecular weight excluding hydrogens is 604 g/mol. The Hall–Kier alpha value is -3.61. The maximum Gasteiger partial charge on any atom is 0.253 e.